The number of hydrogen-bond donors (Lipinski definition) is 3. The summed E-state index contributed by atoms with van der Waals surface area (Å²) in [4.78, 5) is 24.9. The second kappa shape index (κ2) is 6.65. The third-order valence-corrected chi connectivity index (χ3v) is 4.00. The molecule has 25 heavy (non-hydrogen) atoms. The number of rotatable bonds is 3. The van der Waals surface area contributed by atoms with E-state index in [1.54, 1.807) is 18.2 Å². The number of amides is 2. The largest absolute Gasteiger partial charge is 0.508 e. The summed E-state index contributed by atoms with van der Waals surface area (Å²) in [5, 5.41) is 14.8. The third-order valence-electron chi connectivity index (χ3n) is 4.00. The number of hydrogen-bond acceptors (Lipinski definition) is 3. The Morgan fingerprint density at radius 2 is 1.72 bits per heavy atom. The Labute approximate surface area is 145 Å². The van der Waals surface area contributed by atoms with Gasteiger partial charge in [0, 0.05) is 7.05 Å². The van der Waals surface area contributed by atoms with Gasteiger partial charge in [-0.2, -0.15) is 0 Å². The van der Waals surface area contributed by atoms with E-state index in [0.29, 0.717) is 16.8 Å². The summed E-state index contributed by atoms with van der Waals surface area (Å²) in [5.74, 6) is -0.526. The zero-order valence-corrected chi connectivity index (χ0v) is 14.0. The molecule has 0 atom stereocenters. The first kappa shape index (κ1) is 16.5. The lowest BCUT2D eigenvalue weighted by Crippen LogP contribution is -2.21. The van der Waals surface area contributed by atoms with Gasteiger partial charge < -0.3 is 15.7 Å². The van der Waals surface area contributed by atoms with Crippen LogP contribution in [0.1, 0.15) is 16.7 Å². The van der Waals surface area contributed by atoms with Crippen LogP contribution in [0.5, 0.6) is 5.75 Å². The second-order valence-electron chi connectivity index (χ2n) is 5.80. The van der Waals surface area contributed by atoms with E-state index in [1.807, 2.05) is 31.2 Å². The number of nitrogens with one attached hydrogen (secondary N) is 2. The van der Waals surface area contributed by atoms with Gasteiger partial charge in [0.25, 0.3) is 11.8 Å². The monoisotopic (exact) mass is 334 g/mol. The van der Waals surface area contributed by atoms with Crippen molar-refractivity contribution in [3.8, 4) is 5.75 Å². The van der Waals surface area contributed by atoms with Gasteiger partial charge in [0.05, 0.1) is 16.8 Å². The summed E-state index contributed by atoms with van der Waals surface area (Å²) in [6.45, 7) is 1.97. The zero-order valence-electron chi connectivity index (χ0n) is 14.0. The Kier molecular flexibility index (Phi) is 4.39. The van der Waals surface area contributed by atoms with Gasteiger partial charge in [-0.1, -0.05) is 42.0 Å². The van der Waals surface area contributed by atoms with Crippen molar-refractivity contribution in [2.75, 3.05) is 7.05 Å². The van der Waals surface area contributed by atoms with Gasteiger partial charge in [0.1, 0.15) is 5.75 Å². The molecule has 2 amide bonds. The molecule has 0 unspecified atom stereocenters. The van der Waals surface area contributed by atoms with Crippen LogP contribution in [0.15, 0.2) is 59.7 Å². The Morgan fingerprint density at radius 1 is 1.08 bits per heavy atom. The summed E-state index contributed by atoms with van der Waals surface area (Å²) in [6, 6.07) is 14.0. The van der Waals surface area contributed by atoms with E-state index in [4.69, 9.17) is 0 Å². The van der Waals surface area contributed by atoms with Crippen molar-refractivity contribution < 1.29 is 14.7 Å². The van der Waals surface area contributed by atoms with Gasteiger partial charge >= 0.3 is 0 Å². The van der Waals surface area contributed by atoms with Crippen LogP contribution in [0.4, 0.5) is 0 Å². The minimum absolute atomic E-state index is 0.139. The number of phenols is 1. The molecule has 1 heterocycles. The third kappa shape index (κ3) is 3.30. The molecule has 0 fully saturated rings. The highest BCUT2D eigenvalue weighted by atomic mass is 16.3. The molecule has 3 rings (SSSR count). The highest BCUT2D eigenvalue weighted by Crippen LogP contribution is 2.30. The molecule has 2 aromatic carbocycles. The second-order valence-corrected chi connectivity index (χ2v) is 5.80. The van der Waals surface area contributed by atoms with E-state index in [9.17, 15) is 14.7 Å². The van der Waals surface area contributed by atoms with Gasteiger partial charge in [-0.15, -0.1) is 0 Å². The van der Waals surface area contributed by atoms with Crippen LogP contribution < -0.4 is 10.6 Å². The number of benzene rings is 2. The average Bonchev–Trinajstić information content (AvgIpc) is 2.93. The van der Waals surface area contributed by atoms with E-state index in [1.165, 1.54) is 19.2 Å². The summed E-state index contributed by atoms with van der Waals surface area (Å²) < 4.78 is 0. The molecule has 0 aromatic heterocycles. The van der Waals surface area contributed by atoms with E-state index >= 15 is 0 Å². The molecule has 5 heteroatoms. The summed E-state index contributed by atoms with van der Waals surface area (Å²) in [7, 11) is 1.53. The average molecular weight is 334 g/mol. The van der Waals surface area contributed by atoms with Crippen molar-refractivity contribution >= 4 is 23.6 Å². The van der Waals surface area contributed by atoms with Crippen molar-refractivity contribution in [2.45, 2.75) is 6.92 Å². The molecule has 1 aliphatic heterocycles. The van der Waals surface area contributed by atoms with Crippen LogP contribution in [0, 0.1) is 6.92 Å². The molecule has 0 spiro atoms. The van der Waals surface area contributed by atoms with Crippen LogP contribution in [-0.4, -0.2) is 24.0 Å². The molecule has 2 aromatic rings. The van der Waals surface area contributed by atoms with Gasteiger partial charge in [-0.05, 0) is 36.3 Å². The van der Waals surface area contributed by atoms with Crippen LogP contribution >= 0.6 is 0 Å². The maximum absolute atomic E-state index is 12.5. The lowest BCUT2D eigenvalue weighted by atomic mass is 10.00. The van der Waals surface area contributed by atoms with Crippen LogP contribution in [0.25, 0.3) is 11.8 Å². The van der Waals surface area contributed by atoms with E-state index < -0.39 is 0 Å². The SMILES string of the molecule is CNC(=O)C1=C(c2ccc(C)cc2)NC(=O)/C1=C\c1ccc(O)cc1. The van der Waals surface area contributed by atoms with E-state index in [-0.39, 0.29) is 17.6 Å². The van der Waals surface area contributed by atoms with Crippen LogP contribution in [0.3, 0.4) is 0 Å². The smallest absolute Gasteiger partial charge is 0.256 e. The fourth-order valence-electron chi connectivity index (χ4n) is 2.66. The fourth-order valence-corrected chi connectivity index (χ4v) is 2.66. The minimum Gasteiger partial charge on any atom is -0.508 e. The van der Waals surface area contributed by atoms with Gasteiger partial charge in [0.2, 0.25) is 0 Å². The van der Waals surface area contributed by atoms with Crippen molar-refractivity contribution in [3.05, 3.63) is 76.4 Å². The number of aryl methyl sites for hydroxylation is 1. The van der Waals surface area contributed by atoms with Crippen molar-refractivity contribution in [1.82, 2.24) is 10.6 Å². The molecule has 0 radical (unpaired) electrons. The first-order chi connectivity index (χ1) is 12.0. The van der Waals surface area contributed by atoms with Gasteiger partial charge in [-0.3, -0.25) is 9.59 Å². The van der Waals surface area contributed by atoms with Crippen molar-refractivity contribution in [3.63, 3.8) is 0 Å². The van der Waals surface area contributed by atoms with E-state index in [2.05, 4.69) is 10.6 Å². The van der Waals surface area contributed by atoms with E-state index in [0.717, 1.165) is 16.7 Å². The molecular weight excluding hydrogens is 316 g/mol. The number of likely N-dealkylation sites (N-methyl/N-ethyl adjacent to an activating group) is 1. The van der Waals surface area contributed by atoms with Crippen molar-refractivity contribution in [1.29, 1.82) is 0 Å². The minimum atomic E-state index is -0.334. The Bertz CT molecular complexity index is 892. The van der Waals surface area contributed by atoms with Gasteiger partial charge in [0.15, 0.2) is 0 Å². The fraction of sp³-hybridized carbons (Fsp3) is 0.100. The first-order valence-corrected chi connectivity index (χ1v) is 7.85. The molecule has 126 valence electrons. The predicted octanol–water partition coefficient (Wildman–Crippen LogP) is 2.37. The number of carbonyl (C=O) groups excluding carboxylic acids is 2. The first-order valence-electron chi connectivity index (χ1n) is 7.85. The molecular formula is C20H18N2O3. The summed E-state index contributed by atoms with van der Waals surface area (Å²) >= 11 is 0. The molecule has 5 nitrogen and oxygen atoms in total. The Balaban J connectivity index is 2.13. The molecule has 1 aliphatic rings. The highest BCUT2D eigenvalue weighted by molar-refractivity contribution is 6.24. The lowest BCUT2D eigenvalue weighted by Gasteiger charge is -2.07. The predicted molar refractivity (Wildman–Crippen MR) is 96.4 cm³/mol. The highest BCUT2D eigenvalue weighted by Gasteiger charge is 2.32. The number of phenolic OH excluding ortho intramolecular Hbond substituents is 1. The molecule has 0 aliphatic carbocycles. The Hall–Kier alpha value is -3.34. The summed E-state index contributed by atoms with van der Waals surface area (Å²) in [5.41, 5.74) is 3.68. The maximum Gasteiger partial charge on any atom is 0.256 e. The number of carbonyl (C=O) groups is 2. The standard InChI is InChI=1S/C20H18N2O3/c1-12-3-7-14(8-4-12)18-17(20(25)21-2)16(19(24)22-18)11-13-5-9-15(23)10-6-13/h3-11,23H,1-2H3,(H,21,25)(H,22,24)/b16-11-. The molecule has 0 bridgehead atoms. The molecule has 0 saturated carbocycles. The topological polar surface area (TPSA) is 78.4 Å². The molecule has 0 saturated heterocycles. The summed E-state index contributed by atoms with van der Waals surface area (Å²) in [6.07, 6.45) is 1.64. The lowest BCUT2D eigenvalue weighted by molar-refractivity contribution is -0.118. The molecule has 3 N–H and O–H groups in total. The van der Waals surface area contributed by atoms with Crippen LogP contribution in [-0.2, 0) is 9.59 Å². The van der Waals surface area contributed by atoms with Crippen LogP contribution in [0.2, 0.25) is 0 Å². The zero-order chi connectivity index (χ0) is 18.0. The van der Waals surface area contributed by atoms with Crippen molar-refractivity contribution in [2.24, 2.45) is 0 Å². The quantitative estimate of drug-likeness (QED) is 0.754. The maximum atomic E-state index is 12.5. The number of aromatic hydroxyl groups is 1. The Morgan fingerprint density at radius 3 is 2.32 bits per heavy atom. The normalized spacial score (nSPS) is 15.4. The van der Waals surface area contributed by atoms with Gasteiger partial charge in [-0.25, -0.2) is 0 Å².